The van der Waals surface area contributed by atoms with Crippen molar-refractivity contribution < 1.29 is 14.3 Å². The van der Waals surface area contributed by atoms with Crippen molar-refractivity contribution in [1.82, 2.24) is 9.88 Å². The second kappa shape index (κ2) is 8.43. The molecule has 7 nitrogen and oxygen atoms in total. The SMILES string of the molecule is O=C(NCc1ccccc1)[C@H]1CN(C(=O)c2cn3c4c(cccc4c2=O)CC3)c2ccccc2O1. The third-order valence-corrected chi connectivity index (χ3v) is 6.65. The third kappa shape index (κ3) is 3.65. The maximum absolute atomic E-state index is 13.8. The highest BCUT2D eigenvalue weighted by Gasteiger charge is 2.35. The number of amides is 2. The molecule has 0 saturated carbocycles. The van der Waals surface area contributed by atoms with Gasteiger partial charge in [0.15, 0.2) is 6.10 Å². The molecule has 7 heteroatoms. The molecule has 35 heavy (non-hydrogen) atoms. The second-order valence-electron chi connectivity index (χ2n) is 8.82. The van der Waals surface area contributed by atoms with Gasteiger partial charge in [0.1, 0.15) is 11.3 Å². The van der Waals surface area contributed by atoms with Crippen LogP contribution in [-0.4, -0.2) is 29.0 Å². The summed E-state index contributed by atoms with van der Waals surface area (Å²) < 4.78 is 7.94. The molecule has 2 aliphatic rings. The molecule has 2 aliphatic heterocycles. The van der Waals surface area contributed by atoms with E-state index in [1.54, 1.807) is 36.5 Å². The Labute approximate surface area is 201 Å². The number of ether oxygens (including phenoxy) is 1. The van der Waals surface area contributed by atoms with Crippen LogP contribution in [0.3, 0.4) is 0 Å². The standard InChI is InChI=1S/C28H23N3O4/c32-26-20-10-6-9-19-13-14-30(25(19)20)16-21(26)28(34)31-17-24(35-23-12-5-4-11-22(23)31)27(33)29-15-18-7-2-1-3-8-18/h1-12,16,24H,13-15,17H2,(H,29,33)/t24-/m1/s1. The summed E-state index contributed by atoms with van der Waals surface area (Å²) in [6, 6.07) is 22.3. The lowest BCUT2D eigenvalue weighted by molar-refractivity contribution is -0.127. The van der Waals surface area contributed by atoms with Crippen molar-refractivity contribution in [2.75, 3.05) is 11.4 Å². The van der Waals surface area contributed by atoms with Gasteiger partial charge in [0.05, 0.1) is 17.7 Å². The van der Waals surface area contributed by atoms with Crippen LogP contribution >= 0.6 is 0 Å². The lowest BCUT2D eigenvalue weighted by Crippen LogP contribution is -2.51. The van der Waals surface area contributed by atoms with Crippen LogP contribution in [0.2, 0.25) is 0 Å². The van der Waals surface area contributed by atoms with Crippen LogP contribution in [0.4, 0.5) is 5.69 Å². The van der Waals surface area contributed by atoms with Gasteiger partial charge >= 0.3 is 0 Å². The normalized spacial score (nSPS) is 16.0. The molecule has 0 radical (unpaired) electrons. The first-order valence-corrected chi connectivity index (χ1v) is 11.6. The predicted octanol–water partition coefficient (Wildman–Crippen LogP) is 3.28. The van der Waals surface area contributed by atoms with E-state index in [1.165, 1.54) is 4.90 Å². The van der Waals surface area contributed by atoms with E-state index in [1.807, 2.05) is 47.0 Å². The number of hydrogen-bond acceptors (Lipinski definition) is 4. The number of carbonyl (C=O) groups is 2. The van der Waals surface area contributed by atoms with E-state index in [-0.39, 0.29) is 23.4 Å². The zero-order valence-corrected chi connectivity index (χ0v) is 18.9. The second-order valence-corrected chi connectivity index (χ2v) is 8.82. The Balaban J connectivity index is 1.33. The van der Waals surface area contributed by atoms with Crippen LogP contribution in [-0.2, 0) is 24.3 Å². The average Bonchev–Trinajstić information content (AvgIpc) is 3.32. The van der Waals surface area contributed by atoms with E-state index < -0.39 is 12.0 Å². The number of aryl methyl sites for hydroxylation is 2. The van der Waals surface area contributed by atoms with Gasteiger partial charge < -0.3 is 19.5 Å². The average molecular weight is 466 g/mol. The summed E-state index contributed by atoms with van der Waals surface area (Å²) in [5.74, 6) is -0.325. The number of fused-ring (bicyclic) bond motifs is 1. The largest absolute Gasteiger partial charge is 0.477 e. The summed E-state index contributed by atoms with van der Waals surface area (Å²) >= 11 is 0. The van der Waals surface area contributed by atoms with Crippen molar-refractivity contribution in [1.29, 1.82) is 0 Å². The summed E-state index contributed by atoms with van der Waals surface area (Å²) in [7, 11) is 0. The Bertz CT molecular complexity index is 1530. The van der Waals surface area contributed by atoms with Crippen molar-refractivity contribution in [2.45, 2.75) is 25.6 Å². The quantitative estimate of drug-likeness (QED) is 0.502. The highest BCUT2D eigenvalue weighted by molar-refractivity contribution is 6.09. The van der Waals surface area contributed by atoms with Gasteiger partial charge in [-0.2, -0.15) is 0 Å². The van der Waals surface area contributed by atoms with E-state index in [9.17, 15) is 14.4 Å². The zero-order chi connectivity index (χ0) is 23.9. The molecule has 0 unspecified atom stereocenters. The van der Waals surface area contributed by atoms with Gasteiger partial charge in [0.25, 0.3) is 11.8 Å². The molecule has 0 aliphatic carbocycles. The van der Waals surface area contributed by atoms with E-state index in [0.717, 1.165) is 29.6 Å². The first-order valence-electron chi connectivity index (χ1n) is 11.6. The van der Waals surface area contributed by atoms with Crippen LogP contribution in [0, 0.1) is 0 Å². The molecule has 2 amide bonds. The van der Waals surface area contributed by atoms with Gasteiger partial charge in [-0.25, -0.2) is 0 Å². The maximum Gasteiger partial charge on any atom is 0.264 e. The van der Waals surface area contributed by atoms with Crippen molar-refractivity contribution in [3.63, 3.8) is 0 Å². The fraction of sp³-hybridized carbons (Fsp3) is 0.179. The number of anilines is 1. The topological polar surface area (TPSA) is 80.6 Å². The first-order chi connectivity index (χ1) is 17.1. The molecule has 0 saturated heterocycles. The van der Waals surface area contributed by atoms with Gasteiger partial charge in [-0.05, 0) is 35.7 Å². The molecule has 1 N–H and O–H groups in total. The maximum atomic E-state index is 13.8. The van der Waals surface area contributed by atoms with Crippen LogP contribution in [0.5, 0.6) is 5.75 Å². The highest BCUT2D eigenvalue weighted by atomic mass is 16.5. The summed E-state index contributed by atoms with van der Waals surface area (Å²) in [6.45, 7) is 1.08. The molecule has 0 bridgehead atoms. The molecule has 3 heterocycles. The number of aromatic nitrogens is 1. The van der Waals surface area contributed by atoms with Crippen molar-refractivity contribution >= 4 is 28.4 Å². The van der Waals surface area contributed by atoms with Crippen LogP contribution in [0.25, 0.3) is 10.9 Å². The zero-order valence-electron chi connectivity index (χ0n) is 18.9. The number of nitrogens with one attached hydrogen (secondary N) is 1. The van der Waals surface area contributed by atoms with Crippen LogP contribution in [0.1, 0.15) is 21.5 Å². The fourth-order valence-corrected chi connectivity index (χ4v) is 4.92. The van der Waals surface area contributed by atoms with Crippen LogP contribution < -0.4 is 20.4 Å². The van der Waals surface area contributed by atoms with Gasteiger partial charge in [0.2, 0.25) is 5.43 Å². The smallest absolute Gasteiger partial charge is 0.264 e. The minimum atomic E-state index is -0.900. The van der Waals surface area contributed by atoms with Crippen molar-refractivity contribution in [3.8, 4) is 5.75 Å². The lowest BCUT2D eigenvalue weighted by Gasteiger charge is -2.34. The van der Waals surface area contributed by atoms with Gasteiger partial charge in [-0.15, -0.1) is 0 Å². The Morgan fingerprint density at radius 2 is 1.77 bits per heavy atom. The van der Waals surface area contributed by atoms with Crippen LogP contribution in [0.15, 0.2) is 83.8 Å². The Hall–Kier alpha value is -4.39. The van der Waals surface area contributed by atoms with Crippen molar-refractivity contribution in [3.05, 3.63) is 106 Å². The van der Waals surface area contributed by atoms with Gasteiger partial charge in [0, 0.05) is 24.7 Å². The summed E-state index contributed by atoms with van der Waals surface area (Å²) in [4.78, 5) is 41.6. The number of carbonyl (C=O) groups excluding carboxylic acids is 2. The number of pyridine rings is 1. The Kier molecular flexibility index (Phi) is 5.10. The Morgan fingerprint density at radius 1 is 0.971 bits per heavy atom. The molecule has 1 aromatic heterocycles. The third-order valence-electron chi connectivity index (χ3n) is 6.65. The highest BCUT2D eigenvalue weighted by Crippen LogP contribution is 2.34. The molecule has 3 aromatic carbocycles. The molecular formula is C28H23N3O4. The number of nitrogens with zero attached hydrogens (tertiary/aromatic N) is 2. The minimum Gasteiger partial charge on any atom is -0.477 e. The van der Waals surface area contributed by atoms with Gasteiger partial charge in [-0.1, -0.05) is 54.6 Å². The summed E-state index contributed by atoms with van der Waals surface area (Å²) in [5, 5.41) is 3.44. The fourth-order valence-electron chi connectivity index (χ4n) is 4.92. The summed E-state index contributed by atoms with van der Waals surface area (Å²) in [5.41, 5.74) is 3.32. The molecule has 1 atom stereocenters. The lowest BCUT2D eigenvalue weighted by atomic mass is 10.1. The van der Waals surface area contributed by atoms with E-state index in [0.29, 0.717) is 23.4 Å². The van der Waals surface area contributed by atoms with Crippen molar-refractivity contribution in [2.24, 2.45) is 0 Å². The molecule has 0 spiro atoms. The summed E-state index contributed by atoms with van der Waals surface area (Å²) in [6.07, 6.45) is 1.59. The van der Waals surface area contributed by atoms with E-state index in [4.69, 9.17) is 4.74 Å². The first kappa shape index (κ1) is 21.2. The van der Waals surface area contributed by atoms with E-state index in [2.05, 4.69) is 5.32 Å². The number of rotatable bonds is 4. The van der Waals surface area contributed by atoms with Gasteiger partial charge in [-0.3, -0.25) is 14.4 Å². The molecule has 174 valence electrons. The number of benzene rings is 3. The molecule has 4 aromatic rings. The molecular weight excluding hydrogens is 442 g/mol. The molecule has 6 rings (SSSR count). The monoisotopic (exact) mass is 465 g/mol. The Morgan fingerprint density at radius 3 is 2.63 bits per heavy atom. The molecule has 0 fully saturated rings. The predicted molar refractivity (Wildman–Crippen MR) is 133 cm³/mol. The minimum absolute atomic E-state index is 0.00792. The number of para-hydroxylation sites is 3. The van der Waals surface area contributed by atoms with E-state index >= 15 is 0 Å². The number of hydrogen-bond donors (Lipinski definition) is 1.